The molecule has 0 radical (unpaired) electrons. The van der Waals surface area contributed by atoms with E-state index in [0.717, 1.165) is 5.56 Å². The first-order valence-corrected chi connectivity index (χ1v) is 5.24. The van der Waals surface area contributed by atoms with Gasteiger partial charge in [0.05, 0.1) is 12.0 Å². The molecule has 1 atom stereocenters. The molecule has 1 aromatic carbocycles. The van der Waals surface area contributed by atoms with Crippen LogP contribution in [0.5, 0.6) is 0 Å². The average Bonchev–Trinajstić information content (AvgIpc) is 2.21. The van der Waals surface area contributed by atoms with Crippen LogP contribution < -0.4 is 5.32 Å². The Labute approximate surface area is 94.4 Å². The third-order valence-corrected chi connectivity index (χ3v) is 2.24. The van der Waals surface area contributed by atoms with Crippen LogP contribution in [0.15, 0.2) is 24.3 Å². The highest BCUT2D eigenvalue weighted by Gasteiger charge is 2.02. The first kappa shape index (κ1) is 12.4. The largest absolute Gasteiger partial charge is 0.383 e. The van der Waals surface area contributed by atoms with Gasteiger partial charge in [0, 0.05) is 20.2 Å². The molecule has 4 heteroatoms. The highest BCUT2D eigenvalue weighted by Crippen LogP contribution is 2.02. The Morgan fingerprint density at radius 3 is 2.67 bits per heavy atom. The Bertz CT molecular complexity index is 278. The summed E-state index contributed by atoms with van der Waals surface area (Å²) in [5.41, 5.74) is 1.04. The summed E-state index contributed by atoms with van der Waals surface area (Å²) in [6.07, 6.45) is 0. The molecule has 15 heavy (non-hydrogen) atoms. The smallest absolute Gasteiger partial charge is 0.123 e. The van der Waals surface area contributed by atoms with Crippen molar-refractivity contribution in [1.29, 1.82) is 0 Å². The average molecular weight is 232 g/mol. The van der Waals surface area contributed by atoms with E-state index in [1.54, 1.807) is 19.2 Å². The quantitative estimate of drug-likeness (QED) is 0.758. The molecule has 0 aliphatic heterocycles. The van der Waals surface area contributed by atoms with Crippen LogP contribution in [0.3, 0.4) is 0 Å². The van der Waals surface area contributed by atoms with E-state index in [-0.39, 0.29) is 11.2 Å². The second kappa shape index (κ2) is 6.77. The minimum atomic E-state index is -0.214. The number of nitrogens with one attached hydrogen (secondary N) is 1. The summed E-state index contributed by atoms with van der Waals surface area (Å²) in [4.78, 5) is 0. The SMILES string of the molecule is COCC(Cl)CNCc1ccc(F)cc1. The van der Waals surface area contributed by atoms with E-state index in [4.69, 9.17) is 16.3 Å². The fourth-order valence-corrected chi connectivity index (χ4v) is 1.45. The lowest BCUT2D eigenvalue weighted by Gasteiger charge is -2.09. The molecule has 0 heterocycles. The summed E-state index contributed by atoms with van der Waals surface area (Å²) >= 11 is 5.92. The first-order chi connectivity index (χ1) is 7.22. The number of methoxy groups -OCH3 is 1. The lowest BCUT2D eigenvalue weighted by Crippen LogP contribution is -2.25. The van der Waals surface area contributed by atoms with Gasteiger partial charge in [0.1, 0.15) is 5.82 Å². The second-order valence-electron chi connectivity index (χ2n) is 3.31. The molecule has 0 aliphatic rings. The van der Waals surface area contributed by atoms with E-state index in [9.17, 15) is 4.39 Å². The lowest BCUT2D eigenvalue weighted by atomic mass is 10.2. The van der Waals surface area contributed by atoms with Crippen molar-refractivity contribution in [2.45, 2.75) is 11.9 Å². The molecule has 1 unspecified atom stereocenters. The van der Waals surface area contributed by atoms with Crippen LogP contribution in [0.25, 0.3) is 0 Å². The van der Waals surface area contributed by atoms with Crippen LogP contribution in [0.4, 0.5) is 4.39 Å². The van der Waals surface area contributed by atoms with Gasteiger partial charge in [-0.25, -0.2) is 4.39 Å². The zero-order chi connectivity index (χ0) is 11.1. The van der Waals surface area contributed by atoms with Crippen molar-refractivity contribution in [3.8, 4) is 0 Å². The molecule has 0 amide bonds. The molecule has 1 aromatic rings. The van der Waals surface area contributed by atoms with E-state index < -0.39 is 0 Å². The number of halogens is 2. The first-order valence-electron chi connectivity index (χ1n) is 4.80. The molecule has 0 saturated carbocycles. The van der Waals surface area contributed by atoms with Gasteiger partial charge in [-0.1, -0.05) is 12.1 Å². The van der Waals surface area contributed by atoms with E-state index in [1.807, 2.05) is 0 Å². The highest BCUT2D eigenvalue weighted by atomic mass is 35.5. The minimum Gasteiger partial charge on any atom is -0.383 e. The summed E-state index contributed by atoms with van der Waals surface area (Å²) in [5, 5.41) is 3.14. The molecular weight excluding hydrogens is 217 g/mol. The van der Waals surface area contributed by atoms with E-state index >= 15 is 0 Å². The Morgan fingerprint density at radius 1 is 1.40 bits per heavy atom. The molecular formula is C11H15ClFNO. The normalized spacial score (nSPS) is 12.7. The van der Waals surface area contributed by atoms with E-state index in [0.29, 0.717) is 19.7 Å². The Hall–Kier alpha value is -0.640. The predicted molar refractivity (Wildman–Crippen MR) is 59.6 cm³/mol. The molecule has 0 fully saturated rings. The maximum absolute atomic E-state index is 12.6. The summed E-state index contributed by atoms with van der Waals surface area (Å²) in [6.45, 7) is 1.89. The van der Waals surface area contributed by atoms with E-state index in [1.165, 1.54) is 12.1 Å². The molecule has 0 bridgehead atoms. The van der Waals surface area contributed by atoms with Gasteiger partial charge in [0.2, 0.25) is 0 Å². The van der Waals surface area contributed by atoms with Crippen molar-refractivity contribution in [1.82, 2.24) is 5.32 Å². The number of benzene rings is 1. The van der Waals surface area contributed by atoms with Crippen molar-refractivity contribution in [2.75, 3.05) is 20.3 Å². The Balaban J connectivity index is 2.22. The maximum atomic E-state index is 12.6. The molecule has 0 aromatic heterocycles. The fourth-order valence-electron chi connectivity index (χ4n) is 1.22. The summed E-state index contributed by atoms with van der Waals surface area (Å²) in [7, 11) is 1.62. The third kappa shape index (κ3) is 5.11. The third-order valence-electron chi connectivity index (χ3n) is 1.96. The fraction of sp³-hybridized carbons (Fsp3) is 0.455. The van der Waals surface area contributed by atoms with Gasteiger partial charge >= 0.3 is 0 Å². The predicted octanol–water partition coefficient (Wildman–Crippen LogP) is 2.17. The summed E-state index contributed by atoms with van der Waals surface area (Å²) < 4.78 is 17.5. The van der Waals surface area contributed by atoms with Gasteiger partial charge < -0.3 is 10.1 Å². The van der Waals surface area contributed by atoms with Crippen LogP contribution in [0.1, 0.15) is 5.56 Å². The number of alkyl halides is 1. The molecule has 2 nitrogen and oxygen atoms in total. The van der Waals surface area contributed by atoms with Crippen molar-refractivity contribution in [2.24, 2.45) is 0 Å². The molecule has 0 aliphatic carbocycles. The molecule has 1 rings (SSSR count). The summed E-state index contributed by atoms with van der Waals surface area (Å²) in [5.74, 6) is -0.214. The number of hydrogen-bond acceptors (Lipinski definition) is 2. The van der Waals surface area contributed by atoms with Crippen LogP contribution in [0.2, 0.25) is 0 Å². The molecule has 84 valence electrons. The number of rotatable bonds is 6. The van der Waals surface area contributed by atoms with Gasteiger partial charge in [-0.3, -0.25) is 0 Å². The Kier molecular flexibility index (Phi) is 5.61. The Morgan fingerprint density at radius 2 is 2.07 bits per heavy atom. The van der Waals surface area contributed by atoms with Gasteiger partial charge in [0.15, 0.2) is 0 Å². The number of hydrogen-bond donors (Lipinski definition) is 1. The standard InChI is InChI=1S/C11H15ClFNO/c1-15-8-10(12)7-14-6-9-2-4-11(13)5-3-9/h2-5,10,14H,6-8H2,1H3. The van der Waals surface area contributed by atoms with Crippen molar-refractivity contribution < 1.29 is 9.13 Å². The van der Waals surface area contributed by atoms with Gasteiger partial charge in [-0.15, -0.1) is 11.6 Å². The molecule has 0 saturated heterocycles. The van der Waals surface area contributed by atoms with Crippen LogP contribution in [-0.2, 0) is 11.3 Å². The van der Waals surface area contributed by atoms with Crippen LogP contribution >= 0.6 is 11.6 Å². The van der Waals surface area contributed by atoms with Gasteiger partial charge in [-0.2, -0.15) is 0 Å². The van der Waals surface area contributed by atoms with Crippen molar-refractivity contribution in [3.63, 3.8) is 0 Å². The van der Waals surface area contributed by atoms with Crippen molar-refractivity contribution >= 4 is 11.6 Å². The van der Waals surface area contributed by atoms with Gasteiger partial charge in [0.25, 0.3) is 0 Å². The second-order valence-corrected chi connectivity index (χ2v) is 3.93. The zero-order valence-electron chi connectivity index (χ0n) is 8.67. The molecule has 0 spiro atoms. The van der Waals surface area contributed by atoms with Crippen LogP contribution in [0, 0.1) is 5.82 Å². The van der Waals surface area contributed by atoms with Crippen LogP contribution in [-0.4, -0.2) is 25.6 Å². The summed E-state index contributed by atoms with van der Waals surface area (Å²) in [6, 6.07) is 6.40. The number of ether oxygens (including phenoxy) is 1. The monoisotopic (exact) mass is 231 g/mol. The maximum Gasteiger partial charge on any atom is 0.123 e. The zero-order valence-corrected chi connectivity index (χ0v) is 9.43. The van der Waals surface area contributed by atoms with Crippen molar-refractivity contribution in [3.05, 3.63) is 35.6 Å². The highest BCUT2D eigenvalue weighted by molar-refractivity contribution is 6.20. The van der Waals surface area contributed by atoms with E-state index in [2.05, 4.69) is 5.32 Å². The lowest BCUT2D eigenvalue weighted by molar-refractivity contribution is 0.197. The topological polar surface area (TPSA) is 21.3 Å². The van der Waals surface area contributed by atoms with Gasteiger partial charge in [-0.05, 0) is 17.7 Å². The molecule has 1 N–H and O–H groups in total. The minimum absolute atomic E-state index is 0.0320.